The highest BCUT2D eigenvalue weighted by atomic mass is 32.2. The highest BCUT2D eigenvalue weighted by molar-refractivity contribution is 8.02. The maximum atomic E-state index is 13.2. The molecule has 1 aromatic rings. The van der Waals surface area contributed by atoms with Gasteiger partial charge in [-0.1, -0.05) is 0 Å². The van der Waals surface area contributed by atoms with E-state index >= 15 is 0 Å². The molecular weight excluding hydrogens is 408 g/mol. The van der Waals surface area contributed by atoms with Gasteiger partial charge in [0, 0.05) is 18.3 Å². The zero-order chi connectivity index (χ0) is 20.2. The number of methoxy groups -OCH3 is 1. The summed E-state index contributed by atoms with van der Waals surface area (Å²) in [6, 6.07) is 6.59. The van der Waals surface area contributed by atoms with Crippen molar-refractivity contribution in [3.8, 4) is 5.75 Å². The molecule has 5 aliphatic rings. The number of hydrogen-bond acceptors (Lipinski definition) is 5. The minimum atomic E-state index is -3.72. The quantitative estimate of drug-likeness (QED) is 0.768. The van der Waals surface area contributed by atoms with Crippen LogP contribution in [0, 0.1) is 23.7 Å². The monoisotopic (exact) mass is 436 g/mol. The number of carbonyl (C=O) groups is 1. The average molecular weight is 437 g/mol. The number of sulfonamides is 1. The van der Waals surface area contributed by atoms with E-state index in [-0.39, 0.29) is 16.8 Å². The van der Waals surface area contributed by atoms with E-state index in [2.05, 4.69) is 5.32 Å². The van der Waals surface area contributed by atoms with Crippen LogP contribution in [0.15, 0.2) is 29.2 Å². The largest absolute Gasteiger partial charge is 0.497 e. The molecule has 29 heavy (non-hydrogen) atoms. The first-order chi connectivity index (χ1) is 14.0. The number of ether oxygens (including phenoxy) is 1. The smallest absolute Gasteiger partial charge is 0.248 e. The van der Waals surface area contributed by atoms with Crippen molar-refractivity contribution in [1.29, 1.82) is 0 Å². The Balaban J connectivity index is 1.31. The summed E-state index contributed by atoms with van der Waals surface area (Å²) in [6.45, 7) is 0.360. The number of hydrogen-bond donors (Lipinski definition) is 1. The molecule has 4 aliphatic carbocycles. The molecule has 6 rings (SSSR count). The maximum Gasteiger partial charge on any atom is 0.248 e. The van der Waals surface area contributed by atoms with Crippen molar-refractivity contribution < 1.29 is 17.9 Å². The second-order valence-electron chi connectivity index (χ2n) is 8.98. The highest BCUT2D eigenvalue weighted by Gasteiger charge is 2.50. The number of benzene rings is 1. The van der Waals surface area contributed by atoms with Gasteiger partial charge in [0.25, 0.3) is 0 Å². The standard InChI is InChI=1S/C21H28N2O4S2/c1-27-17-2-4-18(5-3-17)29(25,26)23-6-7-28-21(23)20(24)22-19-15-9-13-8-14(11-15)12-16(19)10-13/h2-5,13-16,19,21H,6-12H2,1H3,(H,22,24). The molecule has 1 amide bonds. The van der Waals surface area contributed by atoms with Gasteiger partial charge >= 0.3 is 0 Å². The van der Waals surface area contributed by atoms with Crippen LogP contribution in [-0.2, 0) is 14.8 Å². The van der Waals surface area contributed by atoms with Gasteiger partial charge in [-0.3, -0.25) is 4.79 Å². The molecule has 1 heterocycles. The topological polar surface area (TPSA) is 75.7 Å². The van der Waals surface area contributed by atoms with Gasteiger partial charge in [-0.15, -0.1) is 11.8 Å². The van der Waals surface area contributed by atoms with Crippen molar-refractivity contribution in [3.05, 3.63) is 24.3 Å². The normalized spacial score (nSPS) is 36.3. The number of thioether (sulfide) groups is 1. The van der Waals surface area contributed by atoms with Gasteiger partial charge in [0.1, 0.15) is 11.1 Å². The average Bonchev–Trinajstić information content (AvgIpc) is 3.21. The molecule has 0 aromatic heterocycles. The Labute approximate surface area is 176 Å². The first-order valence-corrected chi connectivity index (χ1v) is 13.0. The summed E-state index contributed by atoms with van der Waals surface area (Å²) >= 11 is 1.42. The summed E-state index contributed by atoms with van der Waals surface area (Å²) in [5.74, 6) is 3.95. The van der Waals surface area contributed by atoms with Crippen LogP contribution < -0.4 is 10.1 Å². The zero-order valence-corrected chi connectivity index (χ0v) is 18.3. The minimum absolute atomic E-state index is 0.137. The van der Waals surface area contributed by atoms with Gasteiger partial charge in [-0.2, -0.15) is 4.31 Å². The van der Waals surface area contributed by atoms with E-state index in [1.54, 1.807) is 31.4 Å². The first kappa shape index (κ1) is 19.7. The van der Waals surface area contributed by atoms with Crippen LogP contribution >= 0.6 is 11.8 Å². The van der Waals surface area contributed by atoms with Crippen LogP contribution in [0.1, 0.15) is 32.1 Å². The van der Waals surface area contributed by atoms with E-state index in [9.17, 15) is 13.2 Å². The number of nitrogens with zero attached hydrogens (tertiary/aromatic N) is 1. The summed E-state index contributed by atoms with van der Waals surface area (Å²) in [7, 11) is -2.18. The van der Waals surface area contributed by atoms with E-state index in [1.165, 1.54) is 48.2 Å². The van der Waals surface area contributed by atoms with Gasteiger partial charge < -0.3 is 10.1 Å². The summed E-state index contributed by atoms with van der Waals surface area (Å²) in [5, 5.41) is 2.61. The van der Waals surface area contributed by atoms with Crippen molar-refractivity contribution in [2.45, 2.75) is 48.4 Å². The van der Waals surface area contributed by atoms with E-state index in [1.807, 2.05) is 0 Å². The molecule has 1 aromatic carbocycles. The second-order valence-corrected chi connectivity index (χ2v) is 12.1. The van der Waals surface area contributed by atoms with Crippen LogP contribution in [0.3, 0.4) is 0 Å². The molecule has 8 heteroatoms. The molecule has 1 unspecified atom stereocenters. The molecule has 158 valence electrons. The molecule has 1 atom stereocenters. The molecule has 4 bridgehead atoms. The Morgan fingerprint density at radius 3 is 2.28 bits per heavy atom. The Morgan fingerprint density at radius 1 is 1.07 bits per heavy atom. The third-order valence-corrected chi connectivity index (χ3v) is 10.5. The van der Waals surface area contributed by atoms with Gasteiger partial charge in [0.05, 0.1) is 12.0 Å². The van der Waals surface area contributed by atoms with Gasteiger partial charge in [0.15, 0.2) is 0 Å². The lowest BCUT2D eigenvalue weighted by Gasteiger charge is -2.54. The van der Waals surface area contributed by atoms with Crippen LogP contribution in [0.4, 0.5) is 0 Å². The summed E-state index contributed by atoms with van der Waals surface area (Å²) < 4.78 is 32.8. The maximum absolute atomic E-state index is 13.2. The molecule has 0 spiro atoms. The van der Waals surface area contributed by atoms with Gasteiger partial charge in [0.2, 0.25) is 15.9 Å². The number of carbonyl (C=O) groups excluding carboxylic acids is 1. The highest BCUT2D eigenvalue weighted by Crippen LogP contribution is 2.53. The van der Waals surface area contributed by atoms with Crippen LogP contribution in [0.5, 0.6) is 5.75 Å². The summed E-state index contributed by atoms with van der Waals surface area (Å²) in [6.07, 6.45) is 6.28. The lowest BCUT2D eigenvalue weighted by atomic mass is 9.54. The van der Waals surface area contributed by atoms with Crippen LogP contribution in [-0.4, -0.2) is 49.5 Å². The molecule has 4 saturated carbocycles. The lowest BCUT2D eigenvalue weighted by Crippen LogP contribution is -2.58. The third-order valence-electron chi connectivity index (χ3n) is 7.27. The predicted octanol–water partition coefficient (Wildman–Crippen LogP) is 2.70. The fraction of sp³-hybridized carbons (Fsp3) is 0.667. The van der Waals surface area contributed by atoms with Crippen molar-refractivity contribution >= 4 is 27.7 Å². The third kappa shape index (κ3) is 3.47. The first-order valence-electron chi connectivity index (χ1n) is 10.5. The Bertz CT molecular complexity index is 858. The molecule has 0 radical (unpaired) electrons. The second kappa shape index (κ2) is 7.46. The Morgan fingerprint density at radius 2 is 1.69 bits per heavy atom. The fourth-order valence-electron chi connectivity index (χ4n) is 6.19. The van der Waals surface area contributed by atoms with E-state index in [4.69, 9.17) is 4.74 Å². The molecule has 1 N–H and O–H groups in total. The number of nitrogens with one attached hydrogen (secondary N) is 1. The van der Waals surface area contributed by atoms with Crippen molar-refractivity contribution in [3.63, 3.8) is 0 Å². The van der Waals surface area contributed by atoms with Crippen molar-refractivity contribution in [2.24, 2.45) is 23.7 Å². The van der Waals surface area contributed by atoms with Crippen molar-refractivity contribution in [2.75, 3.05) is 19.4 Å². The molecule has 1 aliphatic heterocycles. The molecular formula is C21H28N2O4S2. The van der Waals surface area contributed by atoms with Crippen molar-refractivity contribution in [1.82, 2.24) is 9.62 Å². The minimum Gasteiger partial charge on any atom is -0.497 e. The number of rotatable bonds is 5. The van der Waals surface area contributed by atoms with Crippen LogP contribution in [0.25, 0.3) is 0 Å². The number of amides is 1. The molecule has 1 saturated heterocycles. The molecule has 5 fully saturated rings. The fourth-order valence-corrected chi connectivity index (χ4v) is 9.27. The summed E-state index contributed by atoms with van der Waals surface area (Å²) in [5.41, 5.74) is 0. The van der Waals surface area contributed by atoms with E-state index < -0.39 is 15.4 Å². The SMILES string of the molecule is COc1ccc(S(=O)(=O)N2CCSC2C(=O)NC2C3CC4CC(C3)CC2C4)cc1. The van der Waals surface area contributed by atoms with Gasteiger partial charge in [-0.25, -0.2) is 8.42 Å². The summed E-state index contributed by atoms with van der Waals surface area (Å²) in [4.78, 5) is 13.4. The van der Waals surface area contributed by atoms with E-state index in [0.29, 0.717) is 29.9 Å². The Hall–Kier alpha value is -1.25. The van der Waals surface area contributed by atoms with E-state index in [0.717, 1.165) is 11.8 Å². The zero-order valence-electron chi connectivity index (χ0n) is 16.6. The predicted molar refractivity (Wildman–Crippen MR) is 112 cm³/mol. The Kier molecular flexibility index (Phi) is 5.07. The van der Waals surface area contributed by atoms with Gasteiger partial charge in [-0.05, 0) is 80.0 Å². The van der Waals surface area contributed by atoms with Crippen LogP contribution in [0.2, 0.25) is 0 Å². The lowest BCUT2D eigenvalue weighted by molar-refractivity contribution is -0.126. The molecule has 6 nitrogen and oxygen atoms in total.